The van der Waals surface area contributed by atoms with Crippen LogP contribution in [0.3, 0.4) is 0 Å². The van der Waals surface area contributed by atoms with Gasteiger partial charge < -0.3 is 10.2 Å². The molecule has 0 bridgehead atoms. The number of nitrogens with one attached hydrogen (secondary N) is 3. The number of hydrogen-bond donors (Lipinski definition) is 3. The van der Waals surface area contributed by atoms with E-state index in [-0.39, 0.29) is 23.8 Å². The molecular weight excluding hydrogens is 407 g/mol. The normalized spacial score (nSPS) is 20.5. The number of benzene rings is 2. The Bertz CT molecular complexity index is 1070. The molecule has 1 amide bonds. The van der Waals surface area contributed by atoms with E-state index in [9.17, 15) is 9.18 Å². The van der Waals surface area contributed by atoms with Gasteiger partial charge in [-0.1, -0.05) is 24.3 Å². The van der Waals surface area contributed by atoms with E-state index in [2.05, 4.69) is 31.3 Å². The second-order valence-corrected chi connectivity index (χ2v) is 8.22. The number of rotatable bonds is 5. The predicted molar refractivity (Wildman–Crippen MR) is 121 cm³/mol. The van der Waals surface area contributed by atoms with E-state index in [0.717, 1.165) is 35.7 Å². The van der Waals surface area contributed by atoms with Crippen molar-refractivity contribution in [3.8, 4) is 11.3 Å². The Kier molecular flexibility index (Phi) is 5.79. The van der Waals surface area contributed by atoms with Gasteiger partial charge in [0.05, 0.1) is 5.69 Å². The highest BCUT2D eigenvalue weighted by Crippen LogP contribution is 2.25. The van der Waals surface area contributed by atoms with E-state index in [4.69, 9.17) is 0 Å². The Morgan fingerprint density at radius 2 is 1.69 bits per heavy atom. The van der Waals surface area contributed by atoms with E-state index in [1.54, 1.807) is 12.1 Å². The number of nitrogens with zero attached hydrogens (tertiary/aromatic N) is 3. The molecule has 2 aliphatic rings. The number of hydrazine groups is 1. The van der Waals surface area contributed by atoms with Crippen molar-refractivity contribution in [2.45, 2.75) is 31.3 Å². The molecule has 2 aliphatic heterocycles. The van der Waals surface area contributed by atoms with Gasteiger partial charge in [0.1, 0.15) is 11.9 Å². The van der Waals surface area contributed by atoms with Gasteiger partial charge in [0, 0.05) is 30.4 Å². The lowest BCUT2D eigenvalue weighted by Gasteiger charge is -2.15. The standard InChI is InChI=1S/C24H25FN6O/c25-18-7-3-17(4-8-18)21-15-22(29-28-21)24(32)26-19-9-5-16(6-10-19)20-11-12-23(30-27-20)31-13-1-2-14-31/h3-12,21-22,28-29H,1-2,13-15H2,(H,26,32). The Morgan fingerprint density at radius 1 is 0.938 bits per heavy atom. The summed E-state index contributed by atoms with van der Waals surface area (Å²) in [5.74, 6) is 0.530. The number of carbonyl (C=O) groups excluding carboxylic acids is 1. The minimum Gasteiger partial charge on any atom is -0.355 e. The average Bonchev–Trinajstić information content (AvgIpc) is 3.53. The largest absolute Gasteiger partial charge is 0.355 e. The molecule has 5 rings (SSSR count). The van der Waals surface area contributed by atoms with Crippen LogP contribution in [0, 0.1) is 5.82 Å². The van der Waals surface area contributed by atoms with E-state index in [1.807, 2.05) is 36.4 Å². The van der Waals surface area contributed by atoms with Crippen LogP contribution in [-0.2, 0) is 4.79 Å². The molecule has 2 aromatic carbocycles. The number of amides is 1. The summed E-state index contributed by atoms with van der Waals surface area (Å²) in [5.41, 5.74) is 9.54. The summed E-state index contributed by atoms with van der Waals surface area (Å²) in [6, 6.07) is 17.5. The van der Waals surface area contributed by atoms with Crippen molar-refractivity contribution >= 4 is 17.4 Å². The van der Waals surface area contributed by atoms with Gasteiger partial charge in [-0.25, -0.2) is 15.2 Å². The molecule has 2 atom stereocenters. The Balaban J connectivity index is 1.18. The van der Waals surface area contributed by atoms with Crippen molar-refractivity contribution < 1.29 is 9.18 Å². The second-order valence-electron chi connectivity index (χ2n) is 8.22. The van der Waals surface area contributed by atoms with Crippen molar-refractivity contribution in [2.75, 3.05) is 23.3 Å². The van der Waals surface area contributed by atoms with Gasteiger partial charge >= 0.3 is 0 Å². The summed E-state index contributed by atoms with van der Waals surface area (Å²) in [7, 11) is 0. The Labute approximate surface area is 186 Å². The summed E-state index contributed by atoms with van der Waals surface area (Å²) >= 11 is 0. The van der Waals surface area contributed by atoms with Crippen LogP contribution in [0.4, 0.5) is 15.9 Å². The van der Waals surface area contributed by atoms with E-state index in [1.165, 1.54) is 25.0 Å². The molecule has 2 saturated heterocycles. The highest BCUT2D eigenvalue weighted by molar-refractivity contribution is 5.95. The van der Waals surface area contributed by atoms with Crippen LogP contribution in [0.1, 0.15) is 30.9 Å². The monoisotopic (exact) mass is 432 g/mol. The van der Waals surface area contributed by atoms with Crippen molar-refractivity contribution in [1.82, 2.24) is 21.0 Å². The third kappa shape index (κ3) is 4.46. The maximum atomic E-state index is 13.1. The lowest BCUT2D eigenvalue weighted by atomic mass is 10.0. The van der Waals surface area contributed by atoms with Gasteiger partial charge in [0.15, 0.2) is 5.82 Å². The van der Waals surface area contributed by atoms with Crippen LogP contribution in [-0.4, -0.2) is 35.2 Å². The van der Waals surface area contributed by atoms with Crippen molar-refractivity contribution in [3.63, 3.8) is 0 Å². The molecule has 2 unspecified atom stereocenters. The first-order chi connectivity index (χ1) is 15.7. The first-order valence-electron chi connectivity index (χ1n) is 10.9. The SMILES string of the molecule is O=C(Nc1ccc(-c2ccc(N3CCCC3)nn2)cc1)C1CC(c2ccc(F)cc2)NN1. The summed E-state index contributed by atoms with van der Waals surface area (Å²) in [6.07, 6.45) is 2.99. The maximum absolute atomic E-state index is 13.1. The molecule has 32 heavy (non-hydrogen) atoms. The van der Waals surface area contributed by atoms with Crippen LogP contribution in [0.2, 0.25) is 0 Å². The molecule has 8 heteroatoms. The van der Waals surface area contributed by atoms with Gasteiger partial charge in [0.2, 0.25) is 5.91 Å². The molecule has 7 nitrogen and oxygen atoms in total. The smallest absolute Gasteiger partial charge is 0.242 e. The Hall–Kier alpha value is -3.36. The van der Waals surface area contributed by atoms with Crippen LogP contribution < -0.4 is 21.1 Å². The van der Waals surface area contributed by atoms with Crippen LogP contribution in [0.25, 0.3) is 11.3 Å². The van der Waals surface area contributed by atoms with Crippen molar-refractivity contribution in [2.24, 2.45) is 0 Å². The first kappa shape index (κ1) is 20.5. The van der Waals surface area contributed by atoms with Crippen LogP contribution >= 0.6 is 0 Å². The highest BCUT2D eigenvalue weighted by Gasteiger charge is 2.30. The maximum Gasteiger partial charge on any atom is 0.242 e. The number of hydrogen-bond acceptors (Lipinski definition) is 6. The van der Waals surface area contributed by atoms with Gasteiger partial charge in [-0.2, -0.15) is 0 Å². The molecule has 3 heterocycles. The fourth-order valence-corrected chi connectivity index (χ4v) is 4.19. The minimum absolute atomic E-state index is 0.0455. The molecule has 0 aliphatic carbocycles. The molecule has 164 valence electrons. The first-order valence-corrected chi connectivity index (χ1v) is 10.9. The quantitative estimate of drug-likeness (QED) is 0.573. The van der Waals surface area contributed by atoms with Gasteiger partial charge in [-0.3, -0.25) is 4.79 Å². The topological polar surface area (TPSA) is 82.2 Å². The van der Waals surface area contributed by atoms with Gasteiger partial charge in [0.25, 0.3) is 0 Å². The molecule has 3 aromatic rings. The predicted octanol–water partition coefficient (Wildman–Crippen LogP) is 3.43. The fourth-order valence-electron chi connectivity index (χ4n) is 4.19. The number of halogens is 1. The number of anilines is 2. The molecule has 0 spiro atoms. The number of carbonyl (C=O) groups is 1. The van der Waals surface area contributed by atoms with Crippen LogP contribution in [0.15, 0.2) is 60.7 Å². The van der Waals surface area contributed by atoms with E-state index < -0.39 is 0 Å². The molecule has 3 N–H and O–H groups in total. The summed E-state index contributed by atoms with van der Waals surface area (Å²) < 4.78 is 13.1. The second kappa shape index (κ2) is 9.02. The zero-order valence-electron chi connectivity index (χ0n) is 17.6. The van der Waals surface area contributed by atoms with E-state index in [0.29, 0.717) is 12.1 Å². The zero-order chi connectivity index (χ0) is 21.9. The fraction of sp³-hybridized carbons (Fsp3) is 0.292. The lowest BCUT2D eigenvalue weighted by molar-refractivity contribution is -0.117. The molecule has 1 aromatic heterocycles. The molecule has 0 radical (unpaired) electrons. The molecular formula is C24H25FN6O. The third-order valence-electron chi connectivity index (χ3n) is 6.02. The van der Waals surface area contributed by atoms with Crippen LogP contribution in [0.5, 0.6) is 0 Å². The van der Waals surface area contributed by atoms with Crippen molar-refractivity contribution in [3.05, 3.63) is 72.0 Å². The summed E-state index contributed by atoms with van der Waals surface area (Å²) in [6.45, 7) is 2.08. The van der Waals surface area contributed by atoms with Crippen molar-refractivity contribution in [1.29, 1.82) is 0 Å². The van der Waals surface area contributed by atoms with Gasteiger partial charge in [-0.05, 0) is 61.2 Å². The Morgan fingerprint density at radius 3 is 2.38 bits per heavy atom. The zero-order valence-corrected chi connectivity index (χ0v) is 17.6. The molecule has 2 fully saturated rings. The number of aromatic nitrogens is 2. The van der Waals surface area contributed by atoms with Gasteiger partial charge in [-0.15, -0.1) is 10.2 Å². The minimum atomic E-state index is -0.381. The van der Waals surface area contributed by atoms with E-state index >= 15 is 0 Å². The third-order valence-corrected chi connectivity index (χ3v) is 6.02. The summed E-state index contributed by atoms with van der Waals surface area (Å²) in [4.78, 5) is 14.9. The molecule has 0 saturated carbocycles. The highest BCUT2D eigenvalue weighted by atomic mass is 19.1. The average molecular weight is 433 g/mol. The summed E-state index contributed by atoms with van der Waals surface area (Å²) in [5, 5.41) is 11.7. The lowest BCUT2D eigenvalue weighted by Crippen LogP contribution is -2.39.